The summed E-state index contributed by atoms with van der Waals surface area (Å²) in [5.41, 5.74) is -0.114. The molecule has 1 saturated heterocycles. The second-order valence-corrected chi connectivity index (χ2v) is 7.41. The van der Waals surface area contributed by atoms with E-state index in [0.717, 1.165) is 31.8 Å². The van der Waals surface area contributed by atoms with Gasteiger partial charge in [0.25, 0.3) is 0 Å². The molecule has 1 aliphatic heterocycles. The Labute approximate surface area is 137 Å². The third-order valence-corrected chi connectivity index (χ3v) is 4.03. The van der Waals surface area contributed by atoms with Crippen LogP contribution in [0.5, 0.6) is 0 Å². The number of aromatic nitrogens is 2. The number of rotatable bonds is 5. The Morgan fingerprint density at radius 2 is 2.09 bits per heavy atom. The van der Waals surface area contributed by atoms with E-state index in [1.165, 1.54) is 0 Å². The van der Waals surface area contributed by atoms with Crippen molar-refractivity contribution < 1.29 is 14.4 Å². The van der Waals surface area contributed by atoms with Gasteiger partial charge in [0.15, 0.2) is 5.82 Å². The third-order valence-electron chi connectivity index (χ3n) is 4.03. The van der Waals surface area contributed by atoms with Crippen molar-refractivity contribution in [2.45, 2.75) is 58.6 Å². The van der Waals surface area contributed by atoms with E-state index in [2.05, 4.69) is 41.1 Å². The molecule has 0 unspecified atom stereocenters. The topological polar surface area (TPSA) is 91.5 Å². The van der Waals surface area contributed by atoms with Gasteiger partial charge in [-0.3, -0.25) is 9.69 Å². The molecule has 1 amide bonds. The van der Waals surface area contributed by atoms with Gasteiger partial charge in [-0.2, -0.15) is 4.98 Å². The fourth-order valence-electron chi connectivity index (χ4n) is 2.56. The highest BCUT2D eigenvalue weighted by atomic mass is 16.5. The van der Waals surface area contributed by atoms with Crippen LogP contribution in [0, 0.1) is 5.92 Å². The number of aliphatic hydroxyl groups excluding tert-OH is 1. The number of aliphatic hydroxyl groups is 1. The number of piperidine rings is 1. The van der Waals surface area contributed by atoms with Crippen molar-refractivity contribution in [2.24, 2.45) is 5.92 Å². The largest absolute Gasteiger partial charge is 0.392 e. The summed E-state index contributed by atoms with van der Waals surface area (Å²) in [6.07, 6.45) is 1.12. The van der Waals surface area contributed by atoms with Gasteiger partial charge in [0, 0.05) is 17.9 Å². The minimum Gasteiger partial charge on any atom is -0.392 e. The molecule has 2 heterocycles. The van der Waals surface area contributed by atoms with Crippen molar-refractivity contribution >= 4 is 5.91 Å². The summed E-state index contributed by atoms with van der Waals surface area (Å²) < 4.78 is 5.32. The van der Waals surface area contributed by atoms with E-state index in [4.69, 9.17) is 4.52 Å². The van der Waals surface area contributed by atoms with Gasteiger partial charge in [-0.1, -0.05) is 25.9 Å². The highest BCUT2D eigenvalue weighted by Gasteiger charge is 2.27. The van der Waals surface area contributed by atoms with E-state index in [1.807, 2.05) is 0 Å². The third kappa shape index (κ3) is 5.28. The van der Waals surface area contributed by atoms with E-state index in [0.29, 0.717) is 19.0 Å². The van der Waals surface area contributed by atoms with Crippen LogP contribution in [0.1, 0.15) is 52.3 Å². The molecule has 0 spiro atoms. The van der Waals surface area contributed by atoms with Crippen LogP contribution in [0.15, 0.2) is 4.52 Å². The second kappa shape index (κ2) is 7.40. The molecule has 1 aromatic rings. The molecule has 1 atom stereocenters. The Balaban J connectivity index is 1.78. The number of carbonyl (C=O) groups is 1. The van der Waals surface area contributed by atoms with Crippen LogP contribution in [-0.2, 0) is 16.8 Å². The molecular formula is C16H28N4O3. The highest BCUT2D eigenvalue weighted by Crippen LogP contribution is 2.21. The van der Waals surface area contributed by atoms with Gasteiger partial charge in [-0.05, 0) is 32.9 Å². The minimum atomic E-state index is -0.506. The first-order chi connectivity index (χ1) is 10.8. The fraction of sp³-hybridized carbons (Fsp3) is 0.812. The molecule has 0 radical (unpaired) electrons. The predicted molar refractivity (Wildman–Crippen MR) is 85.7 cm³/mol. The van der Waals surface area contributed by atoms with Crippen molar-refractivity contribution in [1.29, 1.82) is 0 Å². The fourth-order valence-corrected chi connectivity index (χ4v) is 2.56. The predicted octanol–water partition coefficient (Wildman–Crippen LogP) is 1.08. The van der Waals surface area contributed by atoms with Crippen LogP contribution in [0.2, 0.25) is 0 Å². The van der Waals surface area contributed by atoms with E-state index in [9.17, 15) is 9.90 Å². The summed E-state index contributed by atoms with van der Waals surface area (Å²) >= 11 is 0. The van der Waals surface area contributed by atoms with E-state index in [-0.39, 0.29) is 17.2 Å². The molecular weight excluding hydrogens is 296 g/mol. The summed E-state index contributed by atoms with van der Waals surface area (Å²) in [7, 11) is 0. The van der Waals surface area contributed by atoms with Crippen LogP contribution in [0.25, 0.3) is 0 Å². The summed E-state index contributed by atoms with van der Waals surface area (Å²) in [6.45, 7) is 10.4. The first-order valence-corrected chi connectivity index (χ1v) is 8.27. The SMILES string of the molecule is C[C@H](O)CNC(=O)C1CCN(Cc2nc(C(C)(C)C)no2)CC1. The van der Waals surface area contributed by atoms with Crippen molar-refractivity contribution in [1.82, 2.24) is 20.4 Å². The number of hydrogen-bond acceptors (Lipinski definition) is 6. The van der Waals surface area contributed by atoms with Gasteiger partial charge in [-0.15, -0.1) is 0 Å². The van der Waals surface area contributed by atoms with Crippen LogP contribution >= 0.6 is 0 Å². The zero-order chi connectivity index (χ0) is 17.0. The Morgan fingerprint density at radius 1 is 1.43 bits per heavy atom. The lowest BCUT2D eigenvalue weighted by molar-refractivity contribution is -0.126. The normalized spacial score (nSPS) is 18.8. The maximum Gasteiger partial charge on any atom is 0.240 e. The molecule has 0 aliphatic carbocycles. The Kier molecular flexibility index (Phi) is 5.75. The van der Waals surface area contributed by atoms with Crippen LogP contribution < -0.4 is 5.32 Å². The van der Waals surface area contributed by atoms with Crippen molar-refractivity contribution in [2.75, 3.05) is 19.6 Å². The molecule has 0 aromatic carbocycles. The van der Waals surface area contributed by atoms with Crippen molar-refractivity contribution in [3.8, 4) is 0 Å². The Morgan fingerprint density at radius 3 is 2.61 bits per heavy atom. The number of hydrogen-bond donors (Lipinski definition) is 2. The Bertz CT molecular complexity index is 514. The molecule has 1 fully saturated rings. The van der Waals surface area contributed by atoms with Crippen LogP contribution in [0.3, 0.4) is 0 Å². The quantitative estimate of drug-likeness (QED) is 0.842. The second-order valence-electron chi connectivity index (χ2n) is 7.41. The molecule has 7 nitrogen and oxygen atoms in total. The maximum atomic E-state index is 12.0. The zero-order valence-electron chi connectivity index (χ0n) is 14.5. The van der Waals surface area contributed by atoms with Crippen molar-refractivity contribution in [3.63, 3.8) is 0 Å². The summed E-state index contributed by atoms with van der Waals surface area (Å²) in [4.78, 5) is 18.7. The molecule has 0 saturated carbocycles. The monoisotopic (exact) mass is 324 g/mol. The maximum absolute atomic E-state index is 12.0. The van der Waals surface area contributed by atoms with Gasteiger partial charge in [0.2, 0.25) is 11.8 Å². The molecule has 2 N–H and O–H groups in total. The van der Waals surface area contributed by atoms with Crippen LogP contribution in [-0.4, -0.2) is 51.8 Å². The molecule has 0 bridgehead atoms. The number of nitrogens with one attached hydrogen (secondary N) is 1. The van der Waals surface area contributed by atoms with E-state index < -0.39 is 6.10 Å². The van der Waals surface area contributed by atoms with Gasteiger partial charge in [-0.25, -0.2) is 0 Å². The standard InChI is InChI=1S/C16H28N4O3/c1-11(21)9-17-14(22)12-5-7-20(8-6-12)10-13-18-15(19-23-13)16(2,3)4/h11-12,21H,5-10H2,1-4H3,(H,17,22)/t11-/m0/s1. The van der Waals surface area contributed by atoms with Gasteiger partial charge < -0.3 is 14.9 Å². The molecule has 2 rings (SSSR count). The molecule has 7 heteroatoms. The summed E-state index contributed by atoms with van der Waals surface area (Å²) in [5.74, 6) is 1.42. The number of likely N-dealkylation sites (tertiary alicyclic amines) is 1. The smallest absolute Gasteiger partial charge is 0.240 e. The molecule has 23 heavy (non-hydrogen) atoms. The number of carbonyl (C=O) groups excluding carboxylic acids is 1. The number of amides is 1. The first-order valence-electron chi connectivity index (χ1n) is 8.27. The summed E-state index contributed by atoms with van der Waals surface area (Å²) in [6, 6.07) is 0. The summed E-state index contributed by atoms with van der Waals surface area (Å²) in [5, 5.41) is 16.0. The molecule has 1 aromatic heterocycles. The lowest BCUT2D eigenvalue weighted by Gasteiger charge is -2.30. The van der Waals surface area contributed by atoms with Gasteiger partial charge >= 0.3 is 0 Å². The number of nitrogens with zero attached hydrogens (tertiary/aromatic N) is 3. The van der Waals surface area contributed by atoms with Gasteiger partial charge in [0.05, 0.1) is 12.6 Å². The Hall–Kier alpha value is -1.47. The zero-order valence-corrected chi connectivity index (χ0v) is 14.5. The average Bonchev–Trinajstić information content (AvgIpc) is 2.94. The highest BCUT2D eigenvalue weighted by molar-refractivity contribution is 5.78. The van der Waals surface area contributed by atoms with E-state index in [1.54, 1.807) is 6.92 Å². The van der Waals surface area contributed by atoms with Gasteiger partial charge in [0.1, 0.15) is 0 Å². The minimum absolute atomic E-state index is 0.0258. The van der Waals surface area contributed by atoms with Crippen LogP contribution in [0.4, 0.5) is 0 Å². The lowest BCUT2D eigenvalue weighted by Crippen LogP contribution is -2.41. The molecule has 130 valence electrons. The first kappa shape index (κ1) is 17.9. The molecule has 1 aliphatic rings. The van der Waals surface area contributed by atoms with E-state index >= 15 is 0 Å². The van der Waals surface area contributed by atoms with Crippen molar-refractivity contribution in [3.05, 3.63) is 11.7 Å². The lowest BCUT2D eigenvalue weighted by atomic mass is 9.95. The average molecular weight is 324 g/mol.